The summed E-state index contributed by atoms with van der Waals surface area (Å²) < 4.78 is 41.4. The molecule has 2 saturated heterocycles. The van der Waals surface area contributed by atoms with Crippen LogP contribution in [0.4, 0.5) is 0 Å². The molecule has 3 aliphatic heterocycles. The molecule has 0 N–H and O–H groups in total. The second-order valence-corrected chi connectivity index (χ2v) is 7.99. The molecule has 5 atom stereocenters. The van der Waals surface area contributed by atoms with Gasteiger partial charge in [-0.25, -0.2) is 0 Å². The minimum Gasteiger partial charge on any atom is -0.493 e. The van der Waals surface area contributed by atoms with Crippen molar-refractivity contribution in [1.29, 1.82) is 0 Å². The summed E-state index contributed by atoms with van der Waals surface area (Å²) in [6.07, 6.45) is 1.39. The number of methoxy groups -OCH3 is 3. The smallest absolute Gasteiger partial charge is 0.186 e. The molecule has 3 aliphatic rings. The first kappa shape index (κ1) is 19.9. The van der Waals surface area contributed by atoms with Gasteiger partial charge >= 0.3 is 0 Å². The maximum atomic E-state index is 6.38. The molecule has 0 unspecified atom stereocenters. The molecule has 2 fully saturated rings. The SMILES string of the molecule is COc1cc2c(cc1OC)CO[C@H]1[C@@H]3OC(C)(C)O[C@@H]3[C@@H](OC)O[C@@H]1CCC2. The third-order valence-corrected chi connectivity index (χ3v) is 5.74. The normalized spacial score (nSPS) is 34.2. The molecule has 0 radical (unpaired) electrons. The highest BCUT2D eigenvalue weighted by Crippen LogP contribution is 2.41. The standard InChI is InChI=1S/C21H30O7/c1-21(2)27-18-17-14(26-20(24-5)19(18)28-21)8-6-7-12-9-15(22-3)16(23-4)10-13(12)11-25-17/h9-10,14,17-20H,6-8,11H2,1-5H3/t14-,17-,18+,19+,20+/m1/s1. The van der Waals surface area contributed by atoms with E-state index in [1.807, 2.05) is 26.0 Å². The summed E-state index contributed by atoms with van der Waals surface area (Å²) in [6.45, 7) is 4.27. The molecule has 0 aliphatic carbocycles. The van der Waals surface area contributed by atoms with Crippen molar-refractivity contribution in [3.05, 3.63) is 23.3 Å². The van der Waals surface area contributed by atoms with Crippen LogP contribution in [0, 0.1) is 0 Å². The second-order valence-electron chi connectivity index (χ2n) is 7.99. The van der Waals surface area contributed by atoms with Gasteiger partial charge in [-0.05, 0) is 56.4 Å². The third-order valence-electron chi connectivity index (χ3n) is 5.74. The van der Waals surface area contributed by atoms with Gasteiger partial charge in [-0.3, -0.25) is 0 Å². The lowest BCUT2D eigenvalue weighted by Gasteiger charge is -2.41. The predicted molar refractivity (Wildman–Crippen MR) is 101 cm³/mol. The average Bonchev–Trinajstić information content (AvgIpc) is 3.04. The van der Waals surface area contributed by atoms with E-state index in [0.717, 1.165) is 30.6 Å². The Morgan fingerprint density at radius 2 is 1.61 bits per heavy atom. The van der Waals surface area contributed by atoms with E-state index in [-0.39, 0.29) is 24.4 Å². The Kier molecular flexibility index (Phi) is 5.55. The van der Waals surface area contributed by atoms with Crippen LogP contribution < -0.4 is 9.47 Å². The molecule has 0 spiro atoms. The van der Waals surface area contributed by atoms with Crippen molar-refractivity contribution in [1.82, 2.24) is 0 Å². The fourth-order valence-electron chi connectivity index (χ4n) is 4.45. The van der Waals surface area contributed by atoms with Crippen molar-refractivity contribution >= 4 is 0 Å². The highest BCUT2D eigenvalue weighted by atomic mass is 16.8. The Balaban J connectivity index is 1.62. The van der Waals surface area contributed by atoms with Gasteiger partial charge in [-0.1, -0.05) is 0 Å². The summed E-state index contributed by atoms with van der Waals surface area (Å²) in [5.41, 5.74) is 2.31. The van der Waals surface area contributed by atoms with Gasteiger partial charge < -0.3 is 33.2 Å². The van der Waals surface area contributed by atoms with E-state index in [4.69, 9.17) is 33.2 Å². The molecular weight excluding hydrogens is 364 g/mol. The van der Waals surface area contributed by atoms with E-state index in [0.29, 0.717) is 12.4 Å². The van der Waals surface area contributed by atoms with Gasteiger partial charge in [0.2, 0.25) is 0 Å². The summed E-state index contributed by atoms with van der Waals surface area (Å²) in [7, 11) is 4.94. The topological polar surface area (TPSA) is 64.6 Å². The van der Waals surface area contributed by atoms with Crippen LogP contribution in [0.3, 0.4) is 0 Å². The molecule has 0 saturated carbocycles. The van der Waals surface area contributed by atoms with Crippen molar-refractivity contribution in [2.45, 2.75) is 76.2 Å². The van der Waals surface area contributed by atoms with Crippen LogP contribution in [0.2, 0.25) is 0 Å². The van der Waals surface area contributed by atoms with Crippen LogP contribution in [0.25, 0.3) is 0 Å². The molecule has 7 heteroatoms. The summed E-state index contributed by atoms with van der Waals surface area (Å²) in [6, 6.07) is 4.05. The number of aryl methyl sites for hydroxylation is 1. The summed E-state index contributed by atoms with van der Waals surface area (Å²) in [5, 5.41) is 0. The quantitative estimate of drug-likeness (QED) is 0.781. The molecule has 156 valence electrons. The second kappa shape index (κ2) is 7.80. The molecule has 0 aromatic heterocycles. The summed E-state index contributed by atoms with van der Waals surface area (Å²) in [5.74, 6) is 0.753. The number of rotatable bonds is 3. The van der Waals surface area contributed by atoms with Crippen LogP contribution in [0.1, 0.15) is 37.8 Å². The first-order valence-electron chi connectivity index (χ1n) is 9.85. The molecule has 7 nitrogen and oxygen atoms in total. The first-order valence-corrected chi connectivity index (χ1v) is 9.85. The van der Waals surface area contributed by atoms with E-state index >= 15 is 0 Å². The summed E-state index contributed by atoms with van der Waals surface area (Å²) >= 11 is 0. The maximum Gasteiger partial charge on any atom is 0.186 e. The predicted octanol–water partition coefficient (Wildman–Crippen LogP) is 2.82. The number of hydrogen-bond donors (Lipinski definition) is 0. The summed E-state index contributed by atoms with van der Waals surface area (Å²) in [4.78, 5) is 0. The molecule has 1 aromatic carbocycles. The van der Waals surface area contributed by atoms with Crippen molar-refractivity contribution in [3.8, 4) is 11.5 Å². The van der Waals surface area contributed by atoms with E-state index in [1.54, 1.807) is 21.3 Å². The fourth-order valence-corrected chi connectivity index (χ4v) is 4.45. The molecule has 28 heavy (non-hydrogen) atoms. The van der Waals surface area contributed by atoms with Crippen molar-refractivity contribution in [2.75, 3.05) is 21.3 Å². The van der Waals surface area contributed by atoms with Crippen LogP contribution in [0.5, 0.6) is 11.5 Å². The molecule has 0 bridgehead atoms. The zero-order valence-corrected chi connectivity index (χ0v) is 17.2. The lowest BCUT2D eigenvalue weighted by molar-refractivity contribution is -0.276. The lowest BCUT2D eigenvalue weighted by atomic mass is 9.94. The molecule has 1 aromatic rings. The molecular formula is C21H30O7. The Morgan fingerprint density at radius 3 is 2.29 bits per heavy atom. The van der Waals surface area contributed by atoms with Crippen LogP contribution in [-0.4, -0.2) is 57.8 Å². The minimum atomic E-state index is -0.694. The Morgan fingerprint density at radius 1 is 0.929 bits per heavy atom. The number of hydrogen-bond acceptors (Lipinski definition) is 7. The van der Waals surface area contributed by atoms with Gasteiger partial charge in [-0.2, -0.15) is 0 Å². The molecule has 0 amide bonds. The minimum absolute atomic E-state index is 0.109. The van der Waals surface area contributed by atoms with Gasteiger partial charge in [0.05, 0.1) is 26.9 Å². The monoisotopic (exact) mass is 394 g/mol. The first-order chi connectivity index (χ1) is 13.5. The fraction of sp³-hybridized carbons (Fsp3) is 0.714. The Bertz CT molecular complexity index is 704. The van der Waals surface area contributed by atoms with Crippen LogP contribution in [0.15, 0.2) is 12.1 Å². The lowest BCUT2D eigenvalue weighted by Crippen LogP contribution is -2.57. The van der Waals surface area contributed by atoms with Gasteiger partial charge in [0.25, 0.3) is 0 Å². The number of benzene rings is 1. The van der Waals surface area contributed by atoms with Gasteiger partial charge in [-0.15, -0.1) is 0 Å². The van der Waals surface area contributed by atoms with Crippen LogP contribution >= 0.6 is 0 Å². The Labute approximate surface area is 166 Å². The van der Waals surface area contributed by atoms with Crippen molar-refractivity contribution in [3.63, 3.8) is 0 Å². The van der Waals surface area contributed by atoms with E-state index in [1.165, 1.54) is 5.56 Å². The van der Waals surface area contributed by atoms with E-state index in [9.17, 15) is 0 Å². The zero-order valence-electron chi connectivity index (χ0n) is 17.2. The van der Waals surface area contributed by atoms with Gasteiger partial charge in [0.1, 0.15) is 18.3 Å². The van der Waals surface area contributed by atoms with E-state index < -0.39 is 12.1 Å². The largest absolute Gasteiger partial charge is 0.493 e. The Hall–Kier alpha value is -1.38. The van der Waals surface area contributed by atoms with Crippen molar-refractivity contribution < 1.29 is 33.2 Å². The van der Waals surface area contributed by atoms with Crippen molar-refractivity contribution in [2.24, 2.45) is 0 Å². The highest BCUT2D eigenvalue weighted by Gasteiger charge is 2.56. The van der Waals surface area contributed by atoms with E-state index in [2.05, 4.69) is 0 Å². The molecule has 4 rings (SSSR count). The van der Waals surface area contributed by atoms with Gasteiger partial charge in [0.15, 0.2) is 23.6 Å². The maximum absolute atomic E-state index is 6.38. The highest BCUT2D eigenvalue weighted by molar-refractivity contribution is 5.47. The average molecular weight is 394 g/mol. The molecule has 3 heterocycles. The van der Waals surface area contributed by atoms with Gasteiger partial charge in [0, 0.05) is 7.11 Å². The number of ether oxygens (including phenoxy) is 7. The zero-order chi connectivity index (χ0) is 19.9. The number of fused-ring (bicyclic) bond motifs is 4. The van der Waals surface area contributed by atoms with Crippen LogP contribution in [-0.2, 0) is 36.7 Å². The third kappa shape index (κ3) is 3.62.